The first-order chi connectivity index (χ1) is 19.0. The number of anilines is 1. The molecule has 2 fully saturated rings. The van der Waals surface area contributed by atoms with Gasteiger partial charge >= 0.3 is 11.9 Å². The van der Waals surface area contributed by atoms with Gasteiger partial charge in [-0.2, -0.15) is 18.2 Å². The minimum atomic E-state index is -4.37. The molecule has 4 atom stereocenters. The maximum atomic E-state index is 13.2. The predicted molar refractivity (Wildman–Crippen MR) is 144 cm³/mol. The number of benzene rings is 1. The zero-order chi connectivity index (χ0) is 28.8. The molecular weight excluding hydrogens is 509 g/mol. The van der Waals surface area contributed by atoms with Crippen molar-refractivity contribution in [2.75, 3.05) is 24.6 Å². The predicted octanol–water partition coefficient (Wildman–Crippen LogP) is 4.69. The molecular formula is C28H37F3N6O2. The lowest BCUT2D eigenvalue weighted by Crippen LogP contribution is -2.58. The van der Waals surface area contributed by atoms with Crippen molar-refractivity contribution in [3.63, 3.8) is 0 Å². The van der Waals surface area contributed by atoms with Crippen molar-refractivity contribution in [2.45, 2.75) is 83.9 Å². The summed E-state index contributed by atoms with van der Waals surface area (Å²) in [7, 11) is -0.259. The molecule has 2 aliphatic heterocycles. The molecule has 0 amide bonds. The first-order valence-corrected chi connectivity index (χ1v) is 13.6. The third-order valence-electron chi connectivity index (χ3n) is 8.29. The highest BCUT2D eigenvalue weighted by Gasteiger charge is 2.37. The summed E-state index contributed by atoms with van der Waals surface area (Å²) in [5.74, 6) is 1.27. The molecule has 11 heteroatoms. The summed E-state index contributed by atoms with van der Waals surface area (Å²) in [6.45, 7) is 10.6. The number of fused-ring (bicyclic) bond motifs is 1. The van der Waals surface area contributed by atoms with Gasteiger partial charge in [0.25, 0.3) is 0 Å². The van der Waals surface area contributed by atoms with Crippen LogP contribution in [0.3, 0.4) is 0 Å². The van der Waals surface area contributed by atoms with Crippen LogP contribution in [0.15, 0.2) is 29.1 Å². The van der Waals surface area contributed by atoms with E-state index < -0.39 is 17.4 Å². The number of ether oxygens (including phenoxy) is 1. The lowest BCUT2D eigenvalue weighted by Gasteiger charge is -2.48. The quantitative estimate of drug-likeness (QED) is 0.446. The first-order valence-electron chi connectivity index (χ1n) is 14.3. The van der Waals surface area contributed by atoms with Gasteiger partial charge < -0.3 is 14.2 Å². The molecule has 5 rings (SSSR count). The van der Waals surface area contributed by atoms with Gasteiger partial charge in [-0.05, 0) is 57.7 Å². The van der Waals surface area contributed by atoms with Crippen LogP contribution in [0.1, 0.15) is 64.4 Å². The van der Waals surface area contributed by atoms with Crippen LogP contribution in [0, 0.1) is 6.92 Å². The normalized spacial score (nSPS) is 23.9. The summed E-state index contributed by atoms with van der Waals surface area (Å²) in [5, 5.41) is 0. The largest absolute Gasteiger partial charge is 0.416 e. The van der Waals surface area contributed by atoms with E-state index in [9.17, 15) is 18.0 Å². The van der Waals surface area contributed by atoms with Crippen molar-refractivity contribution in [3.8, 4) is 0 Å². The van der Waals surface area contributed by atoms with E-state index in [2.05, 4.69) is 28.6 Å². The molecule has 212 valence electrons. The Morgan fingerprint density at radius 1 is 1.21 bits per heavy atom. The van der Waals surface area contributed by atoms with E-state index in [-0.39, 0.29) is 31.3 Å². The summed E-state index contributed by atoms with van der Waals surface area (Å²) in [4.78, 5) is 26.9. The summed E-state index contributed by atoms with van der Waals surface area (Å²) >= 11 is 0. The fourth-order valence-corrected chi connectivity index (χ4v) is 6.02. The number of hydrogen-bond acceptors (Lipinski definition) is 6. The van der Waals surface area contributed by atoms with Crippen molar-refractivity contribution in [1.82, 2.24) is 24.0 Å². The molecule has 2 aromatic heterocycles. The molecule has 8 nitrogen and oxygen atoms in total. The average molecular weight is 548 g/mol. The first kappa shape index (κ1) is 26.3. The molecule has 2 saturated heterocycles. The van der Waals surface area contributed by atoms with Crippen LogP contribution >= 0.6 is 0 Å². The van der Waals surface area contributed by atoms with Crippen LogP contribution < -0.4 is 10.6 Å². The fraction of sp³-hybridized carbons (Fsp3) is 0.607. The van der Waals surface area contributed by atoms with Gasteiger partial charge in [-0.3, -0.25) is 9.47 Å². The summed E-state index contributed by atoms with van der Waals surface area (Å²) in [6, 6.07) is 5.37. The molecule has 2 aliphatic rings. The molecule has 0 N–H and O–H groups in total. The SMILES string of the molecule is [2H]Cn1c(=O)nc(N2C[C@@H](CC)N(C(C)c3ccc(C(F)(F)F)cc3)C[C@@H]2C)c2nc(C)n(C[C@@H]3CCCO3)c21. The van der Waals surface area contributed by atoms with E-state index in [0.29, 0.717) is 36.6 Å². The number of aryl methyl sites for hydroxylation is 2. The van der Waals surface area contributed by atoms with Crippen molar-refractivity contribution < 1.29 is 19.3 Å². The molecule has 1 unspecified atom stereocenters. The van der Waals surface area contributed by atoms with Crippen molar-refractivity contribution >= 4 is 17.0 Å². The number of alkyl halides is 3. The zero-order valence-electron chi connectivity index (χ0n) is 23.9. The van der Waals surface area contributed by atoms with E-state index in [1.807, 2.05) is 18.4 Å². The maximum Gasteiger partial charge on any atom is 0.416 e. The highest BCUT2D eigenvalue weighted by atomic mass is 19.4. The van der Waals surface area contributed by atoms with Crippen LogP contribution in [0.5, 0.6) is 0 Å². The minimum absolute atomic E-state index is 0.0368. The van der Waals surface area contributed by atoms with Gasteiger partial charge in [0, 0.05) is 46.2 Å². The lowest BCUT2D eigenvalue weighted by atomic mass is 9.98. The summed E-state index contributed by atoms with van der Waals surface area (Å²) < 4.78 is 56.5. The molecule has 0 bridgehead atoms. The lowest BCUT2D eigenvalue weighted by molar-refractivity contribution is -0.137. The van der Waals surface area contributed by atoms with Gasteiger partial charge in [0.2, 0.25) is 0 Å². The Kier molecular flexibility index (Phi) is 7.13. The number of hydrogen-bond donors (Lipinski definition) is 0. The molecule has 4 heterocycles. The van der Waals surface area contributed by atoms with Crippen molar-refractivity contribution in [3.05, 3.63) is 51.7 Å². The Bertz CT molecular complexity index is 1400. The van der Waals surface area contributed by atoms with Crippen molar-refractivity contribution in [1.29, 1.82) is 0 Å². The van der Waals surface area contributed by atoms with Crippen LogP contribution in [0.2, 0.25) is 0 Å². The molecule has 0 aliphatic carbocycles. The van der Waals surface area contributed by atoms with E-state index in [4.69, 9.17) is 11.1 Å². The summed E-state index contributed by atoms with van der Waals surface area (Å²) in [6.07, 6.45) is -1.57. The highest BCUT2D eigenvalue weighted by Crippen LogP contribution is 2.35. The number of imidazole rings is 1. The molecule has 0 spiro atoms. The Hall–Kier alpha value is -2.92. The minimum Gasteiger partial charge on any atom is -0.376 e. The molecule has 3 aromatic rings. The average Bonchev–Trinajstić information content (AvgIpc) is 3.56. The molecule has 39 heavy (non-hydrogen) atoms. The van der Waals surface area contributed by atoms with Crippen LogP contribution in [0.4, 0.5) is 19.0 Å². The van der Waals surface area contributed by atoms with Gasteiger partial charge in [0.1, 0.15) is 17.0 Å². The number of aromatic nitrogens is 4. The van der Waals surface area contributed by atoms with E-state index in [1.165, 1.54) is 4.57 Å². The topological polar surface area (TPSA) is 68.4 Å². The number of nitrogens with zero attached hydrogens (tertiary/aromatic N) is 6. The smallest absolute Gasteiger partial charge is 0.376 e. The number of piperazine rings is 1. The number of rotatable bonds is 6. The van der Waals surface area contributed by atoms with Gasteiger partial charge in [-0.25, -0.2) is 9.78 Å². The van der Waals surface area contributed by atoms with Gasteiger partial charge in [0.15, 0.2) is 5.82 Å². The van der Waals surface area contributed by atoms with Gasteiger partial charge in [-0.15, -0.1) is 0 Å². The third-order valence-corrected chi connectivity index (χ3v) is 8.29. The van der Waals surface area contributed by atoms with Gasteiger partial charge in [-0.1, -0.05) is 19.1 Å². The van der Waals surface area contributed by atoms with Crippen LogP contribution in [0.25, 0.3) is 11.2 Å². The summed E-state index contributed by atoms with van der Waals surface area (Å²) in [5.41, 5.74) is 0.897. The van der Waals surface area contributed by atoms with Crippen LogP contribution in [-0.2, 0) is 24.5 Å². The van der Waals surface area contributed by atoms with Crippen LogP contribution in [-0.4, -0.2) is 61.9 Å². The zero-order valence-corrected chi connectivity index (χ0v) is 22.9. The molecule has 0 radical (unpaired) electrons. The Morgan fingerprint density at radius 3 is 2.56 bits per heavy atom. The number of halogens is 3. The fourth-order valence-electron chi connectivity index (χ4n) is 6.02. The Labute approximate surface area is 227 Å². The second-order valence-corrected chi connectivity index (χ2v) is 10.8. The standard InChI is InChI=1S/C28H37F3N6O2/c1-6-22-15-35(17(2)14-36(22)18(3)20-9-11-21(12-10-20)28(29,30)31)25-24-26(34(5)27(38)33-25)37(19(4)32-24)16-23-8-7-13-39-23/h9-12,17-18,22-23H,6-8,13-16H2,1-5H3/t17-,18?,22+,23-/m0/s1/i5D. The maximum absolute atomic E-state index is 13.2. The monoisotopic (exact) mass is 547 g/mol. The molecule has 0 saturated carbocycles. The second kappa shape index (κ2) is 10.6. The Balaban J connectivity index is 1.47. The van der Waals surface area contributed by atoms with E-state index in [0.717, 1.165) is 49.4 Å². The van der Waals surface area contributed by atoms with Crippen molar-refractivity contribution in [2.24, 2.45) is 7.02 Å². The Morgan fingerprint density at radius 2 is 1.95 bits per heavy atom. The third kappa shape index (κ3) is 5.18. The van der Waals surface area contributed by atoms with E-state index in [1.54, 1.807) is 12.1 Å². The van der Waals surface area contributed by atoms with E-state index >= 15 is 0 Å². The molecule has 1 aromatic carbocycles. The second-order valence-electron chi connectivity index (χ2n) is 10.8. The van der Waals surface area contributed by atoms with Gasteiger partial charge in [0.05, 0.1) is 18.2 Å². The highest BCUT2D eigenvalue weighted by molar-refractivity contribution is 5.84.